The van der Waals surface area contributed by atoms with Crippen molar-refractivity contribution in [2.45, 2.75) is 6.92 Å². The van der Waals surface area contributed by atoms with Crippen LogP contribution in [0, 0.1) is 6.92 Å². The second-order valence-electron chi connectivity index (χ2n) is 4.16. The van der Waals surface area contributed by atoms with Gasteiger partial charge in [0.2, 0.25) is 0 Å². The van der Waals surface area contributed by atoms with Crippen molar-refractivity contribution in [3.63, 3.8) is 0 Å². The van der Waals surface area contributed by atoms with Crippen molar-refractivity contribution in [1.29, 1.82) is 0 Å². The number of para-hydroxylation sites is 1. The number of aryl methyl sites for hydroxylation is 1. The number of carbonyl (C=O) groups is 1. The van der Waals surface area contributed by atoms with Crippen LogP contribution in [0.15, 0.2) is 42.5 Å². The molecule has 4 heteroatoms. The molecule has 0 saturated carbocycles. The quantitative estimate of drug-likeness (QED) is 0.888. The number of ether oxygens (including phenoxy) is 1. The van der Waals surface area contributed by atoms with Crippen molar-refractivity contribution in [2.24, 2.45) is 0 Å². The van der Waals surface area contributed by atoms with Gasteiger partial charge in [-0.3, -0.25) is 4.79 Å². The number of hydrogen-bond acceptors (Lipinski definition) is 3. The van der Waals surface area contributed by atoms with E-state index in [-0.39, 0.29) is 11.7 Å². The molecule has 2 rings (SSSR count). The first kappa shape index (κ1) is 13.0. The average Bonchev–Trinajstić information content (AvgIpc) is 2.41. The van der Waals surface area contributed by atoms with Gasteiger partial charge in [-0.15, -0.1) is 0 Å². The van der Waals surface area contributed by atoms with Gasteiger partial charge in [0.05, 0.1) is 7.11 Å². The highest BCUT2D eigenvalue weighted by Gasteiger charge is 2.10. The molecule has 0 aliphatic heterocycles. The lowest BCUT2D eigenvalue weighted by molar-refractivity contribution is 0.102. The second-order valence-corrected chi connectivity index (χ2v) is 4.16. The predicted octanol–water partition coefficient (Wildman–Crippen LogP) is 2.96. The standard InChI is InChI=1S/C15H15NO3/c1-10-5-3-4-6-12(10)16-15(18)11-7-8-14(19-2)13(17)9-11/h3-9,17H,1-2H3,(H,16,18). The number of nitrogens with one attached hydrogen (secondary N) is 1. The minimum Gasteiger partial charge on any atom is -0.504 e. The Labute approximate surface area is 111 Å². The monoisotopic (exact) mass is 257 g/mol. The summed E-state index contributed by atoms with van der Waals surface area (Å²) in [5.74, 6) is 0.0135. The van der Waals surface area contributed by atoms with Gasteiger partial charge in [-0.2, -0.15) is 0 Å². The molecule has 0 aromatic heterocycles. The number of amides is 1. The summed E-state index contributed by atoms with van der Waals surface area (Å²) in [7, 11) is 1.46. The molecule has 1 amide bonds. The SMILES string of the molecule is COc1ccc(C(=O)Nc2ccccc2C)cc1O. The van der Waals surface area contributed by atoms with Crippen LogP contribution in [0.1, 0.15) is 15.9 Å². The molecule has 2 aromatic rings. The third-order valence-corrected chi connectivity index (χ3v) is 2.83. The number of methoxy groups -OCH3 is 1. The summed E-state index contributed by atoms with van der Waals surface area (Å²) in [4.78, 5) is 12.1. The normalized spacial score (nSPS) is 10.0. The molecule has 0 atom stereocenters. The zero-order chi connectivity index (χ0) is 13.8. The van der Waals surface area contributed by atoms with E-state index in [0.29, 0.717) is 11.3 Å². The fraction of sp³-hybridized carbons (Fsp3) is 0.133. The van der Waals surface area contributed by atoms with Crippen LogP contribution < -0.4 is 10.1 Å². The van der Waals surface area contributed by atoms with Crippen molar-refractivity contribution < 1.29 is 14.6 Å². The lowest BCUT2D eigenvalue weighted by Crippen LogP contribution is -2.12. The Morgan fingerprint density at radius 2 is 1.95 bits per heavy atom. The Hall–Kier alpha value is -2.49. The van der Waals surface area contributed by atoms with Gasteiger partial charge in [0, 0.05) is 11.3 Å². The number of aromatic hydroxyl groups is 1. The number of benzene rings is 2. The molecule has 0 aliphatic carbocycles. The van der Waals surface area contributed by atoms with E-state index in [4.69, 9.17) is 4.74 Å². The number of carbonyl (C=O) groups excluding carboxylic acids is 1. The Bertz CT molecular complexity index is 608. The second kappa shape index (κ2) is 5.44. The van der Waals surface area contributed by atoms with Crippen LogP contribution in [-0.4, -0.2) is 18.1 Å². The summed E-state index contributed by atoms with van der Waals surface area (Å²) < 4.78 is 4.94. The van der Waals surface area contributed by atoms with Crippen LogP contribution in [0.3, 0.4) is 0 Å². The topological polar surface area (TPSA) is 58.6 Å². The van der Waals surface area contributed by atoms with Crippen LogP contribution in [0.2, 0.25) is 0 Å². The van der Waals surface area contributed by atoms with Crippen molar-refractivity contribution >= 4 is 11.6 Å². The van der Waals surface area contributed by atoms with Crippen LogP contribution in [0.5, 0.6) is 11.5 Å². The number of hydrogen-bond donors (Lipinski definition) is 2. The minimum absolute atomic E-state index is 0.0556. The zero-order valence-electron chi connectivity index (χ0n) is 10.8. The van der Waals surface area contributed by atoms with Gasteiger partial charge in [0.1, 0.15) is 0 Å². The third kappa shape index (κ3) is 2.85. The van der Waals surface area contributed by atoms with Gasteiger partial charge in [-0.25, -0.2) is 0 Å². The first-order valence-electron chi connectivity index (χ1n) is 5.86. The fourth-order valence-corrected chi connectivity index (χ4v) is 1.74. The van der Waals surface area contributed by atoms with Crippen LogP contribution in [0.25, 0.3) is 0 Å². The molecule has 98 valence electrons. The Morgan fingerprint density at radius 3 is 2.58 bits per heavy atom. The van der Waals surface area contributed by atoms with Crippen LogP contribution >= 0.6 is 0 Å². The Kier molecular flexibility index (Phi) is 3.71. The third-order valence-electron chi connectivity index (χ3n) is 2.83. The van der Waals surface area contributed by atoms with E-state index < -0.39 is 0 Å². The highest BCUT2D eigenvalue weighted by atomic mass is 16.5. The maximum Gasteiger partial charge on any atom is 0.255 e. The molecule has 2 N–H and O–H groups in total. The smallest absolute Gasteiger partial charge is 0.255 e. The van der Waals surface area contributed by atoms with E-state index >= 15 is 0 Å². The first-order valence-corrected chi connectivity index (χ1v) is 5.86. The summed E-state index contributed by atoms with van der Waals surface area (Å²) >= 11 is 0. The highest BCUT2D eigenvalue weighted by Crippen LogP contribution is 2.26. The molecule has 0 unspecified atom stereocenters. The van der Waals surface area contributed by atoms with Gasteiger partial charge in [-0.1, -0.05) is 18.2 Å². The molecule has 19 heavy (non-hydrogen) atoms. The summed E-state index contributed by atoms with van der Waals surface area (Å²) in [5, 5.41) is 12.5. The van der Waals surface area contributed by atoms with Gasteiger partial charge < -0.3 is 15.2 Å². The first-order chi connectivity index (χ1) is 9.11. The van der Waals surface area contributed by atoms with Gasteiger partial charge in [0.25, 0.3) is 5.91 Å². The van der Waals surface area contributed by atoms with Crippen molar-refractivity contribution in [2.75, 3.05) is 12.4 Å². The average molecular weight is 257 g/mol. The van der Waals surface area contributed by atoms with Gasteiger partial charge in [-0.05, 0) is 36.8 Å². The van der Waals surface area contributed by atoms with Gasteiger partial charge in [0.15, 0.2) is 11.5 Å². The molecule has 2 aromatic carbocycles. The zero-order valence-corrected chi connectivity index (χ0v) is 10.8. The van der Waals surface area contributed by atoms with Crippen molar-refractivity contribution in [3.8, 4) is 11.5 Å². The molecule has 4 nitrogen and oxygen atoms in total. The van der Waals surface area contributed by atoms with Crippen LogP contribution in [-0.2, 0) is 0 Å². The van der Waals surface area contributed by atoms with E-state index in [1.165, 1.54) is 13.2 Å². The van der Waals surface area contributed by atoms with E-state index in [2.05, 4.69) is 5.32 Å². The molecule has 0 bridgehead atoms. The molecule has 0 spiro atoms. The van der Waals surface area contributed by atoms with Crippen molar-refractivity contribution in [3.05, 3.63) is 53.6 Å². The lowest BCUT2D eigenvalue weighted by Gasteiger charge is -2.09. The van der Waals surface area contributed by atoms with E-state index in [1.807, 2.05) is 31.2 Å². The Morgan fingerprint density at radius 1 is 1.21 bits per heavy atom. The molecule has 0 radical (unpaired) electrons. The fourth-order valence-electron chi connectivity index (χ4n) is 1.74. The van der Waals surface area contributed by atoms with Gasteiger partial charge >= 0.3 is 0 Å². The number of rotatable bonds is 3. The molecule has 0 heterocycles. The predicted molar refractivity (Wildman–Crippen MR) is 73.8 cm³/mol. The number of anilines is 1. The maximum atomic E-state index is 12.1. The summed E-state index contributed by atoms with van der Waals surface area (Å²) in [5.41, 5.74) is 2.11. The molecular formula is C15H15NO3. The Balaban J connectivity index is 2.21. The lowest BCUT2D eigenvalue weighted by atomic mass is 10.1. The highest BCUT2D eigenvalue weighted by molar-refractivity contribution is 6.05. The van der Waals surface area contributed by atoms with E-state index in [0.717, 1.165) is 11.3 Å². The number of phenols is 1. The molecular weight excluding hydrogens is 242 g/mol. The summed E-state index contributed by atoms with van der Waals surface area (Å²) in [6.07, 6.45) is 0. The molecule has 0 aliphatic rings. The number of phenolic OH excluding ortho intramolecular Hbond substituents is 1. The molecule has 0 saturated heterocycles. The summed E-state index contributed by atoms with van der Waals surface area (Å²) in [6.45, 7) is 1.92. The largest absolute Gasteiger partial charge is 0.504 e. The van der Waals surface area contributed by atoms with E-state index in [1.54, 1.807) is 12.1 Å². The maximum absolute atomic E-state index is 12.1. The summed E-state index contributed by atoms with van der Waals surface area (Å²) in [6, 6.07) is 12.1. The van der Waals surface area contributed by atoms with Crippen LogP contribution in [0.4, 0.5) is 5.69 Å². The van der Waals surface area contributed by atoms with Crippen molar-refractivity contribution in [1.82, 2.24) is 0 Å². The minimum atomic E-state index is -0.271. The van der Waals surface area contributed by atoms with E-state index in [9.17, 15) is 9.90 Å². The molecule has 0 fully saturated rings.